The van der Waals surface area contributed by atoms with Crippen molar-refractivity contribution in [1.29, 1.82) is 0 Å². The van der Waals surface area contributed by atoms with Gasteiger partial charge in [-0.05, 0) is 32.1 Å². The molecule has 0 N–H and O–H groups in total. The average Bonchev–Trinajstić information content (AvgIpc) is 2.13. The Morgan fingerprint density at radius 3 is 2.07 bits per heavy atom. The van der Waals surface area contributed by atoms with Crippen molar-refractivity contribution in [2.45, 2.75) is 39.8 Å². The van der Waals surface area contributed by atoms with E-state index in [-0.39, 0.29) is 0 Å². The number of hydrogen-bond donors (Lipinski definition) is 1. The van der Waals surface area contributed by atoms with E-state index in [1.165, 1.54) is 19.6 Å². The summed E-state index contributed by atoms with van der Waals surface area (Å²) < 4.78 is 0. The molecule has 2 nitrogen and oxygen atoms in total. The van der Waals surface area contributed by atoms with Crippen molar-refractivity contribution in [1.82, 2.24) is 9.80 Å². The molecule has 1 aliphatic rings. The molecule has 2 atom stereocenters. The Kier molecular flexibility index (Phi) is 4.50. The van der Waals surface area contributed by atoms with E-state index < -0.39 is 0 Å². The molecule has 3 heteroatoms. The molecule has 1 fully saturated rings. The zero-order valence-corrected chi connectivity index (χ0v) is 11.7. The van der Waals surface area contributed by atoms with E-state index in [0.29, 0.717) is 17.5 Å². The van der Waals surface area contributed by atoms with Crippen LogP contribution in [0.4, 0.5) is 0 Å². The molecule has 0 spiro atoms. The summed E-state index contributed by atoms with van der Waals surface area (Å²) in [6, 6.07) is 1.34. The lowest BCUT2D eigenvalue weighted by Crippen LogP contribution is -2.56. The van der Waals surface area contributed by atoms with Crippen molar-refractivity contribution < 1.29 is 0 Å². The highest BCUT2D eigenvalue weighted by molar-refractivity contribution is 7.80. The largest absolute Gasteiger partial charge is 0.300 e. The molecule has 90 valence electrons. The van der Waals surface area contributed by atoms with Gasteiger partial charge in [0.15, 0.2) is 0 Å². The molecule has 1 aliphatic heterocycles. The maximum Gasteiger partial charge on any atom is 0.0195 e. The first-order valence-electron chi connectivity index (χ1n) is 5.91. The van der Waals surface area contributed by atoms with Gasteiger partial charge >= 0.3 is 0 Å². The topological polar surface area (TPSA) is 6.48 Å². The molecular weight excluding hydrogens is 204 g/mol. The Morgan fingerprint density at radius 1 is 1.20 bits per heavy atom. The first kappa shape index (κ1) is 13.3. The molecule has 0 radical (unpaired) electrons. The molecule has 15 heavy (non-hydrogen) atoms. The second-order valence-corrected chi connectivity index (χ2v) is 6.20. The standard InChI is InChI=1S/C12H26N2S/c1-10-6-14(7-11(2)13(10)5)8-12(3,4)9-15/h10-11,15H,6-9H2,1-5H3. The minimum atomic E-state index is 0.332. The minimum Gasteiger partial charge on any atom is -0.300 e. The molecule has 1 heterocycles. The van der Waals surface area contributed by atoms with Gasteiger partial charge < -0.3 is 0 Å². The maximum atomic E-state index is 4.43. The van der Waals surface area contributed by atoms with E-state index in [9.17, 15) is 0 Å². The molecule has 0 aromatic rings. The van der Waals surface area contributed by atoms with Crippen LogP contribution in [-0.4, -0.2) is 54.3 Å². The highest BCUT2D eigenvalue weighted by atomic mass is 32.1. The smallest absolute Gasteiger partial charge is 0.0195 e. The Morgan fingerprint density at radius 2 is 1.67 bits per heavy atom. The van der Waals surface area contributed by atoms with Gasteiger partial charge in [-0.15, -0.1) is 0 Å². The summed E-state index contributed by atoms with van der Waals surface area (Å²) in [7, 11) is 2.23. The van der Waals surface area contributed by atoms with E-state index in [0.717, 1.165) is 5.75 Å². The number of piperazine rings is 1. The zero-order valence-electron chi connectivity index (χ0n) is 10.8. The summed E-state index contributed by atoms with van der Waals surface area (Å²) >= 11 is 4.43. The molecule has 0 bridgehead atoms. The number of thiol groups is 1. The quantitative estimate of drug-likeness (QED) is 0.741. The summed E-state index contributed by atoms with van der Waals surface area (Å²) in [6.07, 6.45) is 0. The second-order valence-electron chi connectivity index (χ2n) is 5.88. The Balaban J connectivity index is 2.51. The van der Waals surface area contributed by atoms with Gasteiger partial charge in [0.25, 0.3) is 0 Å². The van der Waals surface area contributed by atoms with Crippen LogP contribution in [0, 0.1) is 5.41 Å². The van der Waals surface area contributed by atoms with Gasteiger partial charge in [-0.25, -0.2) is 0 Å². The number of rotatable bonds is 3. The Hall–Kier alpha value is 0.270. The van der Waals surface area contributed by atoms with Crippen molar-refractivity contribution in [2.75, 3.05) is 32.4 Å². The van der Waals surface area contributed by atoms with Crippen LogP contribution in [0.5, 0.6) is 0 Å². The summed E-state index contributed by atoms with van der Waals surface area (Å²) in [5.41, 5.74) is 0.332. The maximum absolute atomic E-state index is 4.43. The summed E-state index contributed by atoms with van der Waals surface area (Å²) in [6.45, 7) is 12.8. The van der Waals surface area contributed by atoms with Crippen LogP contribution in [0.3, 0.4) is 0 Å². The minimum absolute atomic E-state index is 0.332. The van der Waals surface area contributed by atoms with Crippen molar-refractivity contribution in [3.8, 4) is 0 Å². The first-order valence-corrected chi connectivity index (χ1v) is 6.54. The first-order chi connectivity index (χ1) is 6.85. The molecule has 0 saturated carbocycles. The highest BCUT2D eigenvalue weighted by Crippen LogP contribution is 2.22. The predicted molar refractivity (Wildman–Crippen MR) is 70.8 cm³/mol. The molecule has 0 aromatic carbocycles. The molecule has 1 saturated heterocycles. The van der Waals surface area contributed by atoms with Crippen LogP contribution in [0.1, 0.15) is 27.7 Å². The Labute approximate surface area is 100 Å². The number of nitrogens with zero attached hydrogens (tertiary/aromatic N) is 2. The third-order valence-corrected chi connectivity index (χ3v) is 4.37. The van der Waals surface area contributed by atoms with E-state index >= 15 is 0 Å². The van der Waals surface area contributed by atoms with Crippen molar-refractivity contribution in [2.24, 2.45) is 5.41 Å². The molecule has 0 amide bonds. The fourth-order valence-electron chi connectivity index (χ4n) is 2.30. The second kappa shape index (κ2) is 5.07. The third kappa shape index (κ3) is 3.65. The van der Waals surface area contributed by atoms with Gasteiger partial charge in [0, 0.05) is 31.7 Å². The predicted octanol–water partition coefficient (Wildman–Crippen LogP) is 1.97. The number of likely N-dealkylation sites (N-methyl/N-ethyl adjacent to an activating group) is 1. The van der Waals surface area contributed by atoms with Crippen LogP contribution in [-0.2, 0) is 0 Å². The molecule has 0 aromatic heterocycles. The van der Waals surface area contributed by atoms with Gasteiger partial charge in [-0.3, -0.25) is 9.80 Å². The SMILES string of the molecule is CC1CN(CC(C)(C)CS)CC(C)N1C. The van der Waals surface area contributed by atoms with Crippen molar-refractivity contribution >= 4 is 12.6 Å². The van der Waals surface area contributed by atoms with Crippen LogP contribution < -0.4 is 0 Å². The monoisotopic (exact) mass is 230 g/mol. The molecule has 2 unspecified atom stereocenters. The van der Waals surface area contributed by atoms with E-state index in [2.05, 4.69) is 57.2 Å². The molecule has 1 rings (SSSR count). The third-order valence-electron chi connectivity index (χ3n) is 3.52. The van der Waals surface area contributed by atoms with E-state index in [4.69, 9.17) is 0 Å². The van der Waals surface area contributed by atoms with Crippen LogP contribution in [0.15, 0.2) is 0 Å². The fraction of sp³-hybridized carbons (Fsp3) is 1.00. The lowest BCUT2D eigenvalue weighted by molar-refractivity contribution is 0.0423. The summed E-state index contributed by atoms with van der Waals surface area (Å²) in [5, 5.41) is 0. The fourth-order valence-corrected chi connectivity index (χ4v) is 2.40. The highest BCUT2D eigenvalue weighted by Gasteiger charge is 2.29. The van der Waals surface area contributed by atoms with Gasteiger partial charge in [0.1, 0.15) is 0 Å². The van der Waals surface area contributed by atoms with Crippen LogP contribution in [0.25, 0.3) is 0 Å². The summed E-state index contributed by atoms with van der Waals surface area (Å²) in [4.78, 5) is 5.07. The normalized spacial score (nSPS) is 30.8. The lowest BCUT2D eigenvalue weighted by atomic mass is 9.94. The average molecular weight is 230 g/mol. The van der Waals surface area contributed by atoms with Gasteiger partial charge in [0.2, 0.25) is 0 Å². The molecule has 0 aliphatic carbocycles. The summed E-state index contributed by atoms with van der Waals surface area (Å²) in [5.74, 6) is 0.960. The zero-order chi connectivity index (χ0) is 11.6. The van der Waals surface area contributed by atoms with Crippen molar-refractivity contribution in [3.63, 3.8) is 0 Å². The van der Waals surface area contributed by atoms with Gasteiger partial charge in [0.05, 0.1) is 0 Å². The van der Waals surface area contributed by atoms with Crippen molar-refractivity contribution in [3.05, 3.63) is 0 Å². The van der Waals surface area contributed by atoms with Gasteiger partial charge in [-0.1, -0.05) is 13.8 Å². The van der Waals surface area contributed by atoms with Gasteiger partial charge in [-0.2, -0.15) is 12.6 Å². The van der Waals surface area contributed by atoms with E-state index in [1.807, 2.05) is 0 Å². The molecular formula is C12H26N2S. The Bertz CT molecular complexity index is 194. The lowest BCUT2D eigenvalue weighted by Gasteiger charge is -2.44. The number of hydrogen-bond acceptors (Lipinski definition) is 3. The van der Waals surface area contributed by atoms with E-state index in [1.54, 1.807) is 0 Å². The van der Waals surface area contributed by atoms with Crippen LogP contribution in [0.2, 0.25) is 0 Å². The van der Waals surface area contributed by atoms with Crippen LogP contribution >= 0.6 is 12.6 Å².